The first-order valence-electron chi connectivity index (χ1n) is 14.3. The Balaban J connectivity index is 1.32. The van der Waals surface area contributed by atoms with Gasteiger partial charge < -0.3 is 23.7 Å². The van der Waals surface area contributed by atoms with Gasteiger partial charge in [-0.1, -0.05) is 32.2 Å². The minimum Gasteiger partial charge on any atom is -0.494 e. The van der Waals surface area contributed by atoms with Crippen LogP contribution in [0.5, 0.6) is 23.0 Å². The molecular formula is C36H32O9. The quantitative estimate of drug-likeness (QED) is 0.0658. The molecule has 0 aliphatic rings. The molecule has 45 heavy (non-hydrogen) atoms. The van der Waals surface area contributed by atoms with Crippen molar-refractivity contribution in [3.05, 3.63) is 121 Å². The average molecular weight is 609 g/mol. The van der Waals surface area contributed by atoms with Crippen molar-refractivity contribution >= 4 is 34.6 Å². The van der Waals surface area contributed by atoms with E-state index in [4.69, 9.17) is 23.7 Å². The summed E-state index contributed by atoms with van der Waals surface area (Å²) in [6, 6.07) is 21.5. The number of esters is 4. The van der Waals surface area contributed by atoms with Gasteiger partial charge in [0.1, 0.15) is 23.0 Å². The molecule has 0 aliphatic heterocycles. The molecule has 0 saturated carbocycles. The number of benzene rings is 4. The van der Waals surface area contributed by atoms with Crippen molar-refractivity contribution in [2.24, 2.45) is 0 Å². The average Bonchev–Trinajstić information content (AvgIpc) is 3.06. The lowest BCUT2D eigenvalue weighted by molar-refractivity contribution is -0.138. The van der Waals surface area contributed by atoms with Crippen molar-refractivity contribution in [2.45, 2.75) is 26.2 Å². The first-order valence-corrected chi connectivity index (χ1v) is 14.3. The highest BCUT2D eigenvalue weighted by Gasteiger charge is 2.15. The molecule has 0 heterocycles. The smallest absolute Gasteiger partial charge is 0.343 e. The molecule has 0 atom stereocenters. The Morgan fingerprint density at radius 2 is 1.22 bits per heavy atom. The van der Waals surface area contributed by atoms with Gasteiger partial charge in [0, 0.05) is 12.2 Å². The van der Waals surface area contributed by atoms with Gasteiger partial charge in [0.05, 0.1) is 24.3 Å². The zero-order chi connectivity index (χ0) is 32.2. The summed E-state index contributed by atoms with van der Waals surface area (Å²) < 4.78 is 27.0. The highest BCUT2D eigenvalue weighted by atomic mass is 16.5. The predicted molar refractivity (Wildman–Crippen MR) is 168 cm³/mol. The first kappa shape index (κ1) is 32.2. The number of ether oxygens (including phenoxy) is 5. The summed E-state index contributed by atoms with van der Waals surface area (Å²) in [6.07, 6.45) is 4.08. The van der Waals surface area contributed by atoms with Gasteiger partial charge in [0.25, 0.3) is 0 Å². The Hall–Kier alpha value is -5.70. The molecule has 0 spiro atoms. The van der Waals surface area contributed by atoms with Crippen LogP contribution in [-0.2, 0) is 20.7 Å². The summed E-state index contributed by atoms with van der Waals surface area (Å²) in [5, 5.41) is 1.55. The van der Waals surface area contributed by atoms with Gasteiger partial charge in [0.2, 0.25) is 0 Å². The van der Waals surface area contributed by atoms with E-state index in [1.54, 1.807) is 78.9 Å². The molecule has 4 aromatic rings. The van der Waals surface area contributed by atoms with E-state index in [1.165, 1.54) is 0 Å². The van der Waals surface area contributed by atoms with Gasteiger partial charge in [-0.05, 0) is 102 Å². The van der Waals surface area contributed by atoms with Gasteiger partial charge in [-0.25, -0.2) is 19.2 Å². The van der Waals surface area contributed by atoms with Gasteiger partial charge in [-0.2, -0.15) is 0 Å². The fraction of sp³-hybridized carbons (Fsp3) is 0.167. The number of carbonyl (C=O) groups excluding carboxylic acids is 4. The van der Waals surface area contributed by atoms with Crippen molar-refractivity contribution in [2.75, 3.05) is 13.2 Å². The molecule has 0 bridgehead atoms. The van der Waals surface area contributed by atoms with E-state index in [0.717, 1.165) is 22.9 Å². The summed E-state index contributed by atoms with van der Waals surface area (Å²) in [5.74, 6) is -0.461. The van der Waals surface area contributed by atoms with E-state index in [1.807, 2.05) is 6.92 Å². The predicted octanol–water partition coefficient (Wildman–Crippen LogP) is 6.82. The largest absolute Gasteiger partial charge is 0.494 e. The van der Waals surface area contributed by atoms with Crippen LogP contribution in [0.1, 0.15) is 46.0 Å². The highest BCUT2D eigenvalue weighted by Crippen LogP contribution is 2.28. The van der Waals surface area contributed by atoms with Crippen LogP contribution in [0.4, 0.5) is 0 Å². The number of rotatable bonds is 14. The van der Waals surface area contributed by atoms with Crippen molar-refractivity contribution in [1.29, 1.82) is 0 Å². The minimum atomic E-state index is -0.558. The van der Waals surface area contributed by atoms with Gasteiger partial charge in [0.15, 0.2) is 0 Å². The Morgan fingerprint density at radius 3 is 1.96 bits per heavy atom. The Morgan fingerprint density at radius 1 is 0.622 bits per heavy atom. The number of hydrogen-bond donors (Lipinski definition) is 0. The normalized spacial score (nSPS) is 10.4. The van der Waals surface area contributed by atoms with Crippen molar-refractivity contribution in [3.8, 4) is 23.0 Å². The zero-order valence-electron chi connectivity index (χ0n) is 24.8. The molecular weight excluding hydrogens is 576 g/mol. The van der Waals surface area contributed by atoms with E-state index in [2.05, 4.69) is 13.2 Å². The van der Waals surface area contributed by atoms with Crippen LogP contribution in [0.25, 0.3) is 10.8 Å². The van der Waals surface area contributed by atoms with E-state index < -0.39 is 23.9 Å². The van der Waals surface area contributed by atoms with Crippen LogP contribution < -0.4 is 18.9 Å². The molecule has 0 radical (unpaired) electrons. The second kappa shape index (κ2) is 15.7. The van der Waals surface area contributed by atoms with E-state index >= 15 is 0 Å². The fourth-order valence-corrected chi connectivity index (χ4v) is 4.21. The maximum atomic E-state index is 13.0. The zero-order valence-corrected chi connectivity index (χ0v) is 24.8. The van der Waals surface area contributed by atoms with Crippen LogP contribution in [0.15, 0.2) is 104 Å². The second-order valence-corrected chi connectivity index (χ2v) is 9.70. The third kappa shape index (κ3) is 9.14. The van der Waals surface area contributed by atoms with Crippen LogP contribution >= 0.6 is 0 Å². The summed E-state index contributed by atoms with van der Waals surface area (Å²) in [7, 11) is 0. The molecule has 0 saturated heterocycles. The highest BCUT2D eigenvalue weighted by molar-refractivity contribution is 5.97. The molecule has 0 N–H and O–H groups in total. The number of hydrogen-bond acceptors (Lipinski definition) is 9. The second-order valence-electron chi connectivity index (χ2n) is 9.70. The summed E-state index contributed by atoms with van der Waals surface area (Å²) >= 11 is 0. The lowest BCUT2D eigenvalue weighted by Crippen LogP contribution is -2.11. The van der Waals surface area contributed by atoms with Crippen molar-refractivity contribution in [1.82, 2.24) is 0 Å². The summed E-state index contributed by atoms with van der Waals surface area (Å²) in [6.45, 7) is 9.36. The lowest BCUT2D eigenvalue weighted by atomic mass is 10.1. The van der Waals surface area contributed by atoms with Crippen LogP contribution in [0.2, 0.25) is 0 Å². The monoisotopic (exact) mass is 608 g/mol. The topological polar surface area (TPSA) is 114 Å². The third-order valence-electron chi connectivity index (χ3n) is 6.57. The SMILES string of the molecule is C=CC(=O)OCCCCOc1ccc(C(=O)Oc2ccc(OC(=O)c3ccc4cc(OC(=O)C=C)ccc4c3)c(CC)c2)cc1. The van der Waals surface area contributed by atoms with Crippen molar-refractivity contribution < 1.29 is 42.9 Å². The first-order chi connectivity index (χ1) is 21.8. The maximum Gasteiger partial charge on any atom is 0.343 e. The van der Waals surface area contributed by atoms with E-state index in [0.29, 0.717) is 72.2 Å². The molecule has 0 fully saturated rings. The summed E-state index contributed by atoms with van der Waals surface area (Å²) in [4.78, 5) is 48.2. The van der Waals surface area contributed by atoms with Gasteiger partial charge in [-0.15, -0.1) is 0 Å². The number of unbranched alkanes of at least 4 members (excludes halogenated alkanes) is 1. The van der Waals surface area contributed by atoms with Gasteiger partial charge >= 0.3 is 23.9 Å². The molecule has 9 heteroatoms. The lowest BCUT2D eigenvalue weighted by Gasteiger charge is -2.12. The molecule has 230 valence electrons. The summed E-state index contributed by atoms with van der Waals surface area (Å²) in [5.41, 5.74) is 1.37. The standard InChI is InChI=1S/C36H32O9/c1-4-24-22-31(44-35(39)25-11-14-29(15-12-25)41-19-7-8-20-42-33(37)5-2)17-18-32(24)45-36(40)28-10-9-27-23-30(43-34(38)6-3)16-13-26(27)21-28/h5-6,9-18,21-23H,2-4,7-8,19-20H2,1H3. The maximum absolute atomic E-state index is 13.0. The molecule has 4 rings (SSSR count). The molecule has 0 amide bonds. The van der Waals surface area contributed by atoms with Crippen LogP contribution in [-0.4, -0.2) is 37.1 Å². The fourth-order valence-electron chi connectivity index (χ4n) is 4.21. The van der Waals surface area contributed by atoms with Crippen LogP contribution in [0.3, 0.4) is 0 Å². The van der Waals surface area contributed by atoms with Gasteiger partial charge in [-0.3, -0.25) is 0 Å². The molecule has 0 unspecified atom stereocenters. The van der Waals surface area contributed by atoms with Crippen LogP contribution in [0, 0.1) is 0 Å². The third-order valence-corrected chi connectivity index (χ3v) is 6.57. The number of carbonyl (C=O) groups is 4. The Labute approximate surface area is 260 Å². The molecule has 9 nitrogen and oxygen atoms in total. The van der Waals surface area contributed by atoms with E-state index in [-0.39, 0.29) is 0 Å². The molecule has 0 aromatic heterocycles. The minimum absolute atomic E-state index is 0.298. The Kier molecular flexibility index (Phi) is 11.2. The number of fused-ring (bicyclic) bond motifs is 1. The Bertz CT molecular complexity index is 1720. The van der Waals surface area contributed by atoms with Crippen molar-refractivity contribution in [3.63, 3.8) is 0 Å². The molecule has 0 aliphatic carbocycles. The number of aryl methyl sites for hydroxylation is 1. The van der Waals surface area contributed by atoms with E-state index in [9.17, 15) is 19.2 Å². The molecule has 4 aromatic carbocycles.